The van der Waals surface area contributed by atoms with E-state index in [1.54, 1.807) is 0 Å². The third-order valence-electron chi connectivity index (χ3n) is 13.2. The Kier molecular flexibility index (Phi) is 6.66. The lowest BCUT2D eigenvalue weighted by Crippen LogP contribution is -2.46. The van der Waals surface area contributed by atoms with E-state index in [9.17, 15) is 10.5 Å². The highest BCUT2D eigenvalue weighted by Gasteiger charge is 2.57. The van der Waals surface area contributed by atoms with Crippen LogP contribution in [0.3, 0.4) is 0 Å². The van der Waals surface area contributed by atoms with Gasteiger partial charge in [-0.05, 0) is 105 Å². The first-order valence-electron chi connectivity index (χ1n) is 18.7. The Morgan fingerprint density at radius 2 is 1.75 bits per heavy atom. The number of hydrogen-bond acceptors (Lipinski definition) is 4. The van der Waals surface area contributed by atoms with Crippen LogP contribution in [0, 0.1) is 45.3 Å². The van der Waals surface area contributed by atoms with E-state index in [2.05, 4.69) is 128 Å². The maximum atomic E-state index is 10.8. The summed E-state index contributed by atoms with van der Waals surface area (Å²) in [6.07, 6.45) is 23.8. The molecule has 9 atom stereocenters. The standard InChI is InChI=1S/C46H41N3O2/c1-45(27-48)21-8-12-32(43(45)49-38-13-7-6-11-33(38)35-23-28(26-47)14-17-39(35)49)31-16-18-40-36(24-31)34-20-22-46(2)37-25-30(29-9-4-3-5-10-29)15-19-41(37)51-44(46)42(34)50-40/h3-4,6-8,11,13-24,29-30,32,34,42-44H,5,9-10,12,25H2,1-2H3/t29-,30?,32?,34?,42?,43?,44?,45?,46?/m1/s1. The third kappa shape index (κ3) is 4.37. The van der Waals surface area contributed by atoms with Crippen molar-refractivity contribution in [2.75, 3.05) is 0 Å². The molecule has 2 aliphatic heterocycles. The zero-order valence-corrected chi connectivity index (χ0v) is 29.1. The summed E-state index contributed by atoms with van der Waals surface area (Å²) in [6.45, 7) is 4.42. The van der Waals surface area contributed by atoms with E-state index in [4.69, 9.17) is 9.47 Å². The van der Waals surface area contributed by atoms with Crippen LogP contribution in [0.2, 0.25) is 0 Å². The van der Waals surface area contributed by atoms with E-state index < -0.39 is 5.41 Å². The summed E-state index contributed by atoms with van der Waals surface area (Å²) in [7, 11) is 0. The van der Waals surface area contributed by atoms with E-state index in [1.165, 1.54) is 36.0 Å². The van der Waals surface area contributed by atoms with Crippen LogP contribution in [-0.2, 0) is 4.74 Å². The van der Waals surface area contributed by atoms with Crippen LogP contribution in [0.15, 0.2) is 121 Å². The molecule has 252 valence electrons. The molecule has 0 N–H and O–H groups in total. The van der Waals surface area contributed by atoms with Crippen molar-refractivity contribution in [1.29, 1.82) is 10.5 Å². The minimum atomic E-state index is -0.752. The SMILES string of the molecule is CC1(C#N)C=CCC(c2ccc3c(c2)C2C=CC4(C)C5=C(C=CC([C@@H]6CC=CCC6)C5)OC4C2O3)C1n1c2ccccc2c2cc(C#N)ccc21. The third-order valence-corrected chi connectivity index (χ3v) is 13.2. The number of fused-ring (bicyclic) bond motifs is 9. The highest BCUT2D eigenvalue weighted by atomic mass is 16.6. The van der Waals surface area contributed by atoms with Crippen LogP contribution in [0.5, 0.6) is 5.75 Å². The molecule has 10 rings (SSSR count). The molecule has 4 aliphatic carbocycles. The van der Waals surface area contributed by atoms with Crippen molar-refractivity contribution >= 4 is 21.8 Å². The number of para-hydroxylation sites is 1. The second-order valence-corrected chi connectivity index (χ2v) is 16.0. The minimum absolute atomic E-state index is 0.0462. The highest BCUT2D eigenvalue weighted by Crippen LogP contribution is 2.59. The van der Waals surface area contributed by atoms with Crippen LogP contribution < -0.4 is 4.74 Å². The van der Waals surface area contributed by atoms with Crippen molar-refractivity contribution in [1.82, 2.24) is 4.57 Å². The summed E-state index contributed by atoms with van der Waals surface area (Å²) >= 11 is 0. The normalized spacial score (nSPS) is 34.3. The molecule has 0 saturated heterocycles. The van der Waals surface area contributed by atoms with Gasteiger partial charge in [0.2, 0.25) is 0 Å². The molecular formula is C46H41N3O2. The largest absolute Gasteiger partial charge is 0.485 e. The van der Waals surface area contributed by atoms with Gasteiger partial charge in [-0.1, -0.05) is 72.9 Å². The summed E-state index contributed by atoms with van der Waals surface area (Å²) in [5.74, 6) is 3.39. The van der Waals surface area contributed by atoms with Crippen molar-refractivity contribution < 1.29 is 9.47 Å². The fraction of sp³-hybridized carbons (Fsp3) is 0.348. The van der Waals surface area contributed by atoms with Gasteiger partial charge in [-0.25, -0.2) is 0 Å². The first-order chi connectivity index (χ1) is 24.9. The Hall–Kier alpha value is -5.26. The van der Waals surface area contributed by atoms with Crippen molar-refractivity contribution in [3.8, 4) is 17.9 Å². The lowest BCUT2D eigenvalue weighted by Gasteiger charge is -2.41. The molecule has 0 amide bonds. The van der Waals surface area contributed by atoms with Gasteiger partial charge in [0.1, 0.15) is 23.7 Å². The number of aromatic nitrogens is 1. The molecule has 0 radical (unpaired) electrons. The molecule has 6 aliphatic rings. The molecule has 8 unspecified atom stereocenters. The molecule has 0 saturated carbocycles. The zero-order valence-electron chi connectivity index (χ0n) is 29.1. The second kappa shape index (κ2) is 11.1. The predicted octanol–water partition coefficient (Wildman–Crippen LogP) is 10.5. The van der Waals surface area contributed by atoms with Gasteiger partial charge in [0.15, 0.2) is 0 Å². The zero-order chi connectivity index (χ0) is 34.5. The number of benzene rings is 3. The Morgan fingerprint density at radius 3 is 2.59 bits per heavy atom. The monoisotopic (exact) mass is 667 g/mol. The molecule has 1 aromatic heterocycles. The lowest BCUT2D eigenvalue weighted by molar-refractivity contribution is -0.00991. The fourth-order valence-corrected chi connectivity index (χ4v) is 10.6. The van der Waals surface area contributed by atoms with Gasteiger partial charge in [0.05, 0.1) is 34.6 Å². The summed E-state index contributed by atoms with van der Waals surface area (Å²) in [5.41, 5.74) is 5.68. The first-order valence-corrected chi connectivity index (χ1v) is 18.7. The van der Waals surface area contributed by atoms with Gasteiger partial charge in [0.25, 0.3) is 0 Å². The van der Waals surface area contributed by atoms with Crippen LogP contribution in [-0.4, -0.2) is 16.8 Å². The molecule has 0 bridgehead atoms. The quantitative estimate of drug-likeness (QED) is 0.204. The number of nitriles is 2. The van der Waals surface area contributed by atoms with Gasteiger partial charge < -0.3 is 14.0 Å². The summed E-state index contributed by atoms with van der Waals surface area (Å²) in [6, 6.07) is 26.0. The van der Waals surface area contributed by atoms with Crippen LogP contribution in [0.1, 0.15) is 80.5 Å². The number of ether oxygens (including phenoxy) is 2. The topological polar surface area (TPSA) is 71.0 Å². The van der Waals surface area contributed by atoms with Crippen molar-refractivity contribution in [3.63, 3.8) is 0 Å². The Bertz CT molecular complexity index is 2380. The number of allylic oxidation sites excluding steroid dienone is 6. The molecule has 0 fully saturated rings. The summed E-state index contributed by atoms with van der Waals surface area (Å²) in [4.78, 5) is 0. The second-order valence-electron chi connectivity index (χ2n) is 16.0. The van der Waals surface area contributed by atoms with E-state index in [0.717, 1.165) is 46.2 Å². The first kappa shape index (κ1) is 30.6. The Balaban J connectivity index is 1.02. The highest BCUT2D eigenvalue weighted by molar-refractivity contribution is 6.08. The molecule has 5 nitrogen and oxygen atoms in total. The van der Waals surface area contributed by atoms with E-state index in [0.29, 0.717) is 17.4 Å². The van der Waals surface area contributed by atoms with Crippen molar-refractivity contribution in [3.05, 3.63) is 137 Å². The smallest absolute Gasteiger partial charge is 0.149 e. The summed E-state index contributed by atoms with van der Waals surface area (Å²) < 4.78 is 16.1. The lowest BCUT2D eigenvalue weighted by atomic mass is 9.65. The van der Waals surface area contributed by atoms with E-state index in [-0.39, 0.29) is 35.5 Å². The van der Waals surface area contributed by atoms with Gasteiger partial charge >= 0.3 is 0 Å². The van der Waals surface area contributed by atoms with Gasteiger partial charge in [-0.2, -0.15) is 10.5 Å². The number of hydrogen-bond donors (Lipinski definition) is 0. The Labute approximate surface area is 299 Å². The van der Waals surface area contributed by atoms with Crippen molar-refractivity contribution in [2.45, 2.75) is 76.0 Å². The summed E-state index contributed by atoms with van der Waals surface area (Å²) in [5, 5.41) is 22.7. The molecular weight excluding hydrogens is 627 g/mol. The average molecular weight is 668 g/mol. The van der Waals surface area contributed by atoms with Gasteiger partial charge in [-0.3, -0.25) is 0 Å². The molecule has 51 heavy (non-hydrogen) atoms. The number of nitrogens with zero attached hydrogens (tertiary/aromatic N) is 3. The van der Waals surface area contributed by atoms with Crippen LogP contribution in [0.25, 0.3) is 21.8 Å². The van der Waals surface area contributed by atoms with E-state index in [1.807, 2.05) is 12.1 Å². The molecule has 3 aromatic carbocycles. The van der Waals surface area contributed by atoms with Crippen LogP contribution >= 0.6 is 0 Å². The number of rotatable bonds is 3. The fourth-order valence-electron chi connectivity index (χ4n) is 10.6. The Morgan fingerprint density at radius 1 is 0.863 bits per heavy atom. The van der Waals surface area contributed by atoms with Gasteiger partial charge in [0, 0.05) is 39.2 Å². The van der Waals surface area contributed by atoms with Crippen molar-refractivity contribution in [2.24, 2.45) is 22.7 Å². The maximum absolute atomic E-state index is 10.8. The molecule has 4 aromatic rings. The van der Waals surface area contributed by atoms with Gasteiger partial charge in [-0.15, -0.1) is 0 Å². The average Bonchev–Trinajstić information content (AvgIpc) is 3.81. The van der Waals surface area contributed by atoms with Crippen LogP contribution in [0.4, 0.5) is 0 Å². The molecule has 3 heterocycles. The minimum Gasteiger partial charge on any atom is -0.485 e. The maximum Gasteiger partial charge on any atom is 0.149 e. The molecule has 5 heteroatoms. The predicted molar refractivity (Wildman–Crippen MR) is 200 cm³/mol. The molecule has 0 spiro atoms. The van der Waals surface area contributed by atoms with E-state index >= 15 is 0 Å².